The number of allylic oxidation sites excluding steroid dienone is 4. The molecule has 0 aliphatic rings. The van der Waals surface area contributed by atoms with Crippen LogP contribution in [0, 0.1) is 0 Å². The summed E-state index contributed by atoms with van der Waals surface area (Å²) in [4.78, 5) is 36.3. The zero-order chi connectivity index (χ0) is 60.7. The summed E-state index contributed by atoms with van der Waals surface area (Å²) in [6.07, 6.45) is 76.5. The monoisotopic (exact) mass is 1180 g/mol. The lowest BCUT2D eigenvalue weighted by atomic mass is 10.0. The lowest BCUT2D eigenvalue weighted by Gasteiger charge is -2.15. The largest absolute Gasteiger partial charge is 0.462 e. The van der Waals surface area contributed by atoms with Crippen molar-refractivity contribution in [1.29, 1.82) is 0 Å². The third kappa shape index (κ3) is 72.2. The summed E-state index contributed by atoms with van der Waals surface area (Å²) in [7, 11) is 0. The van der Waals surface area contributed by atoms with Crippen LogP contribution in [0.2, 0.25) is 0 Å². The Bertz CT molecular complexity index is 1330. The van der Waals surface area contributed by atoms with Gasteiger partial charge in [-0.25, -0.2) is 0 Å². The standard InChI is InChI=1S/C37H70O5.C37H72O4/c1-3-5-7-9-11-13-15-17-18-20-22-24-26-28-30-32-37(40)42-35(33-38)34-41-36(39)31-29-27-25-23-21-19-16-14-12-10-8-6-4-2;1-3-5-7-9-11-13-15-17-19-20-22-24-26-28-30-32-37(39)41-36(34-38)35-40-33-31-29-27-25-23-21-18-16-14-12-10-8-6-4-2/h17-18,35,38H,3-16,19-34H2,1-2H3;17,19,36,38H,3-16,18,20-35H2,1-2H3/b18-17-;19-17-. The number of aliphatic hydroxyl groups is 2. The van der Waals surface area contributed by atoms with Gasteiger partial charge in [0.2, 0.25) is 0 Å². The molecule has 9 heteroatoms. The van der Waals surface area contributed by atoms with Crippen molar-refractivity contribution in [3.8, 4) is 0 Å². The number of aliphatic hydroxyl groups excluding tert-OH is 2. The fourth-order valence-corrected chi connectivity index (χ4v) is 10.6. The Hall–Kier alpha value is -2.23. The summed E-state index contributed by atoms with van der Waals surface area (Å²) >= 11 is 0. The fourth-order valence-electron chi connectivity index (χ4n) is 10.6. The molecule has 0 aromatic carbocycles. The number of ether oxygens (including phenoxy) is 4. The van der Waals surface area contributed by atoms with Crippen LogP contribution >= 0.6 is 0 Å². The van der Waals surface area contributed by atoms with Gasteiger partial charge in [-0.15, -0.1) is 0 Å². The SMILES string of the molecule is CCCCCCCC/C=C\CCCCCCCC(=O)OC(CO)COC(=O)CCCCCCCCCCCCCCC.CCCCCCCC/C=C\CCCCCCCC(=O)OC(CO)COCCCCCCCCCCCCCCCC. The number of unbranched alkanes of at least 4 members (excludes halogenated alkanes) is 47. The highest BCUT2D eigenvalue weighted by molar-refractivity contribution is 5.70. The number of hydrogen-bond acceptors (Lipinski definition) is 9. The second-order valence-electron chi connectivity index (χ2n) is 24.6. The molecule has 0 aliphatic carbocycles. The first-order chi connectivity index (χ1) is 40.9. The van der Waals surface area contributed by atoms with E-state index >= 15 is 0 Å². The van der Waals surface area contributed by atoms with Gasteiger partial charge in [0.1, 0.15) is 12.7 Å². The first kappa shape index (κ1) is 82.8. The lowest BCUT2D eigenvalue weighted by molar-refractivity contribution is -0.161. The number of carbonyl (C=O) groups is 3. The Morgan fingerprint density at radius 1 is 0.289 bits per heavy atom. The average molecular weight is 1180 g/mol. The molecule has 0 radical (unpaired) electrons. The highest BCUT2D eigenvalue weighted by Crippen LogP contribution is 2.17. The molecule has 0 saturated carbocycles. The highest BCUT2D eigenvalue weighted by atomic mass is 16.6. The van der Waals surface area contributed by atoms with Crippen LogP contribution < -0.4 is 0 Å². The van der Waals surface area contributed by atoms with Crippen molar-refractivity contribution in [1.82, 2.24) is 0 Å². The number of rotatable bonds is 67. The van der Waals surface area contributed by atoms with Crippen molar-refractivity contribution in [3.63, 3.8) is 0 Å². The number of esters is 3. The smallest absolute Gasteiger partial charge is 0.306 e. The molecule has 9 nitrogen and oxygen atoms in total. The molecule has 0 fully saturated rings. The van der Waals surface area contributed by atoms with Gasteiger partial charge in [-0.1, -0.05) is 315 Å². The summed E-state index contributed by atoms with van der Waals surface area (Å²) in [6, 6.07) is 0. The van der Waals surface area contributed by atoms with Crippen LogP contribution in [0.1, 0.15) is 387 Å². The minimum Gasteiger partial charge on any atom is -0.462 e. The molecule has 2 unspecified atom stereocenters. The van der Waals surface area contributed by atoms with E-state index in [4.69, 9.17) is 18.9 Å². The van der Waals surface area contributed by atoms with E-state index in [9.17, 15) is 24.6 Å². The van der Waals surface area contributed by atoms with Gasteiger partial charge in [0.05, 0.1) is 19.8 Å². The van der Waals surface area contributed by atoms with E-state index in [0.29, 0.717) is 32.5 Å². The molecule has 0 aromatic rings. The van der Waals surface area contributed by atoms with Crippen molar-refractivity contribution in [2.75, 3.05) is 33.0 Å². The summed E-state index contributed by atoms with van der Waals surface area (Å²) < 4.78 is 21.7. The van der Waals surface area contributed by atoms with E-state index in [1.807, 2.05) is 0 Å². The van der Waals surface area contributed by atoms with Gasteiger partial charge in [-0.05, 0) is 77.0 Å². The molecule has 0 saturated heterocycles. The van der Waals surface area contributed by atoms with Crippen LogP contribution in [0.25, 0.3) is 0 Å². The van der Waals surface area contributed by atoms with Crippen molar-refractivity contribution in [3.05, 3.63) is 24.3 Å². The van der Waals surface area contributed by atoms with Gasteiger partial charge >= 0.3 is 17.9 Å². The first-order valence-corrected chi connectivity index (χ1v) is 36.5. The molecule has 83 heavy (non-hydrogen) atoms. The van der Waals surface area contributed by atoms with E-state index < -0.39 is 12.2 Å². The quantitative estimate of drug-likeness (QED) is 0.0265. The van der Waals surface area contributed by atoms with Crippen LogP contribution in [-0.4, -0.2) is 73.4 Å². The number of carbonyl (C=O) groups excluding carboxylic acids is 3. The van der Waals surface area contributed by atoms with E-state index in [1.54, 1.807) is 0 Å². The van der Waals surface area contributed by atoms with Gasteiger partial charge in [-0.3, -0.25) is 14.4 Å². The van der Waals surface area contributed by atoms with Crippen LogP contribution in [0.3, 0.4) is 0 Å². The zero-order valence-electron chi connectivity index (χ0n) is 55.8. The maximum atomic E-state index is 12.1. The minimum absolute atomic E-state index is 0.0636. The Kier molecular flexibility index (Phi) is 73.9. The van der Waals surface area contributed by atoms with Crippen LogP contribution in [0.4, 0.5) is 0 Å². The maximum absolute atomic E-state index is 12.1. The van der Waals surface area contributed by atoms with Gasteiger partial charge in [0.15, 0.2) is 6.10 Å². The van der Waals surface area contributed by atoms with Crippen LogP contribution in [-0.2, 0) is 33.3 Å². The fraction of sp³-hybridized carbons (Fsp3) is 0.905. The molecule has 0 bridgehead atoms. The van der Waals surface area contributed by atoms with Crippen molar-refractivity contribution in [2.24, 2.45) is 0 Å². The van der Waals surface area contributed by atoms with Gasteiger partial charge in [0, 0.05) is 25.9 Å². The Morgan fingerprint density at radius 3 is 0.795 bits per heavy atom. The first-order valence-electron chi connectivity index (χ1n) is 36.5. The third-order valence-electron chi connectivity index (χ3n) is 16.1. The third-order valence-corrected chi connectivity index (χ3v) is 16.1. The molecule has 492 valence electrons. The van der Waals surface area contributed by atoms with Crippen LogP contribution in [0.15, 0.2) is 24.3 Å². The summed E-state index contributed by atoms with van der Waals surface area (Å²) in [5, 5.41) is 19.1. The molecule has 0 heterocycles. The minimum atomic E-state index is -0.767. The van der Waals surface area contributed by atoms with E-state index in [2.05, 4.69) is 52.0 Å². The average Bonchev–Trinajstić information content (AvgIpc) is 3.49. The summed E-state index contributed by atoms with van der Waals surface area (Å²) in [6.45, 7) is 9.48. The molecule has 0 amide bonds. The van der Waals surface area contributed by atoms with Crippen LogP contribution in [0.5, 0.6) is 0 Å². The highest BCUT2D eigenvalue weighted by Gasteiger charge is 2.17. The lowest BCUT2D eigenvalue weighted by Crippen LogP contribution is -2.28. The normalized spacial score (nSPS) is 12.3. The molecule has 0 spiro atoms. The molecule has 0 aromatic heterocycles. The number of hydrogen-bond donors (Lipinski definition) is 2. The van der Waals surface area contributed by atoms with Gasteiger partial charge < -0.3 is 29.2 Å². The molecule has 2 atom stereocenters. The second kappa shape index (κ2) is 74.0. The molecular formula is C74H142O9. The second-order valence-corrected chi connectivity index (χ2v) is 24.6. The molecule has 0 aliphatic heterocycles. The predicted molar refractivity (Wildman–Crippen MR) is 355 cm³/mol. The van der Waals surface area contributed by atoms with Gasteiger partial charge in [0.25, 0.3) is 0 Å². The van der Waals surface area contributed by atoms with E-state index in [-0.39, 0.29) is 37.7 Å². The molecule has 2 N–H and O–H groups in total. The summed E-state index contributed by atoms with van der Waals surface area (Å²) in [5.41, 5.74) is 0. The van der Waals surface area contributed by atoms with Crippen molar-refractivity contribution >= 4 is 17.9 Å². The Balaban J connectivity index is 0. The van der Waals surface area contributed by atoms with E-state index in [1.165, 1.54) is 276 Å². The topological polar surface area (TPSA) is 129 Å². The van der Waals surface area contributed by atoms with Gasteiger partial charge in [-0.2, -0.15) is 0 Å². The van der Waals surface area contributed by atoms with Crippen molar-refractivity contribution < 1.29 is 43.5 Å². The zero-order valence-corrected chi connectivity index (χ0v) is 55.8. The molecular weight excluding hydrogens is 1030 g/mol. The Labute approximate surface area is 516 Å². The predicted octanol–water partition coefficient (Wildman–Crippen LogP) is 22.4. The Morgan fingerprint density at radius 2 is 0.518 bits per heavy atom. The molecule has 0 rings (SSSR count). The maximum Gasteiger partial charge on any atom is 0.306 e. The van der Waals surface area contributed by atoms with E-state index in [0.717, 1.165) is 64.2 Å². The van der Waals surface area contributed by atoms with Crippen molar-refractivity contribution in [2.45, 2.75) is 399 Å². The summed E-state index contributed by atoms with van der Waals surface area (Å²) in [5.74, 6) is -0.800.